The van der Waals surface area contributed by atoms with Crippen LogP contribution in [0.4, 0.5) is 4.79 Å². The summed E-state index contributed by atoms with van der Waals surface area (Å²) in [5, 5.41) is 15.4. The zero-order chi connectivity index (χ0) is 21.8. The molecule has 0 aliphatic heterocycles. The number of hydrogen-bond donors (Lipinski definition) is 2. The Balaban J connectivity index is 1.72. The molecule has 0 unspecified atom stereocenters. The van der Waals surface area contributed by atoms with Gasteiger partial charge in [-0.15, -0.1) is 0 Å². The number of amides is 1. The molecule has 4 heteroatoms. The van der Waals surface area contributed by atoms with E-state index < -0.39 is 13.4 Å². The third-order valence-corrected chi connectivity index (χ3v) is 10.3. The van der Waals surface area contributed by atoms with Crippen molar-refractivity contribution in [3.8, 4) is 0 Å². The molecular formula is C27H33NO2P+. The summed E-state index contributed by atoms with van der Waals surface area (Å²) >= 11 is 0. The highest BCUT2D eigenvalue weighted by Crippen LogP contribution is 2.55. The fourth-order valence-corrected chi connectivity index (χ4v) is 8.67. The lowest BCUT2D eigenvalue weighted by molar-refractivity contribution is 0.194. The van der Waals surface area contributed by atoms with E-state index >= 15 is 0 Å². The lowest BCUT2D eigenvalue weighted by atomic mass is 10.1. The minimum atomic E-state index is -1.71. The molecule has 3 aromatic carbocycles. The maximum Gasteiger partial charge on any atom is 0.404 e. The molecule has 0 saturated carbocycles. The van der Waals surface area contributed by atoms with Crippen molar-refractivity contribution in [1.29, 1.82) is 0 Å². The quantitative estimate of drug-likeness (QED) is 0.288. The molecule has 0 atom stereocenters. The number of benzene rings is 3. The Morgan fingerprint density at radius 1 is 0.613 bits per heavy atom. The van der Waals surface area contributed by atoms with Crippen LogP contribution in [0.1, 0.15) is 38.5 Å². The minimum absolute atomic E-state index is 0.556. The van der Waals surface area contributed by atoms with Crippen molar-refractivity contribution in [3.05, 3.63) is 91.0 Å². The Kier molecular flexibility index (Phi) is 9.12. The van der Waals surface area contributed by atoms with E-state index in [1.165, 1.54) is 41.3 Å². The summed E-state index contributed by atoms with van der Waals surface area (Å²) in [5.74, 6) is 0. The molecule has 162 valence electrons. The summed E-state index contributed by atoms with van der Waals surface area (Å²) in [7, 11) is -1.71. The Morgan fingerprint density at radius 2 is 1.00 bits per heavy atom. The molecule has 2 N–H and O–H groups in total. The molecule has 31 heavy (non-hydrogen) atoms. The fourth-order valence-electron chi connectivity index (χ4n) is 4.26. The topological polar surface area (TPSA) is 49.3 Å². The van der Waals surface area contributed by atoms with Crippen LogP contribution in [0.15, 0.2) is 91.0 Å². The van der Waals surface area contributed by atoms with Crippen LogP contribution in [-0.4, -0.2) is 23.9 Å². The zero-order valence-corrected chi connectivity index (χ0v) is 19.0. The minimum Gasteiger partial charge on any atom is -0.465 e. The molecule has 3 aromatic rings. The molecule has 0 saturated heterocycles. The van der Waals surface area contributed by atoms with Crippen LogP contribution in [0, 0.1) is 0 Å². The van der Waals surface area contributed by atoms with Gasteiger partial charge in [0.05, 0.1) is 6.16 Å². The van der Waals surface area contributed by atoms with Gasteiger partial charge >= 0.3 is 6.09 Å². The second-order valence-corrected chi connectivity index (χ2v) is 11.5. The van der Waals surface area contributed by atoms with Crippen LogP contribution in [0.5, 0.6) is 0 Å². The molecule has 3 nitrogen and oxygen atoms in total. The second-order valence-electron chi connectivity index (χ2n) is 7.89. The Morgan fingerprint density at radius 3 is 1.42 bits per heavy atom. The van der Waals surface area contributed by atoms with E-state index in [4.69, 9.17) is 5.11 Å². The molecule has 0 aliphatic carbocycles. The molecule has 3 rings (SSSR count). The van der Waals surface area contributed by atoms with E-state index in [9.17, 15) is 4.79 Å². The van der Waals surface area contributed by atoms with E-state index in [1.54, 1.807) is 0 Å². The average molecular weight is 435 g/mol. The monoisotopic (exact) mass is 434 g/mol. The highest BCUT2D eigenvalue weighted by Gasteiger charge is 2.44. The lowest BCUT2D eigenvalue weighted by Crippen LogP contribution is -2.33. The van der Waals surface area contributed by atoms with Gasteiger partial charge in [0.1, 0.15) is 23.2 Å². The standard InChI is InChI=1S/C27H32NO2P/c29-27(30)28-22-14-3-1-2-4-15-23-31(24-16-8-5-9-17-24,25-18-10-6-11-19-25)26-20-12-7-13-21-26/h5-13,16-21,28H,1-4,14-15,22-23H2/p+1. The molecule has 0 spiro atoms. The number of rotatable bonds is 12. The third-order valence-electron chi connectivity index (χ3n) is 5.79. The second kappa shape index (κ2) is 12.3. The van der Waals surface area contributed by atoms with Gasteiger partial charge in [-0.05, 0) is 55.7 Å². The van der Waals surface area contributed by atoms with Gasteiger partial charge in [-0.25, -0.2) is 4.79 Å². The first-order valence-electron chi connectivity index (χ1n) is 11.3. The Hall–Kier alpha value is -2.64. The van der Waals surface area contributed by atoms with Crippen LogP contribution >= 0.6 is 7.26 Å². The summed E-state index contributed by atoms with van der Waals surface area (Å²) in [6.07, 6.45) is 7.01. The number of hydrogen-bond acceptors (Lipinski definition) is 1. The number of carboxylic acid groups (broad SMARTS) is 1. The molecule has 1 amide bonds. The van der Waals surface area contributed by atoms with E-state index in [2.05, 4.69) is 96.3 Å². The molecule has 0 aliphatic rings. The van der Waals surface area contributed by atoms with Gasteiger partial charge in [0, 0.05) is 6.54 Å². The van der Waals surface area contributed by atoms with Crippen molar-refractivity contribution in [2.45, 2.75) is 38.5 Å². The van der Waals surface area contributed by atoms with Gasteiger partial charge in [0.2, 0.25) is 0 Å². The number of carbonyl (C=O) groups is 1. The summed E-state index contributed by atoms with van der Waals surface area (Å²) < 4.78 is 0. The summed E-state index contributed by atoms with van der Waals surface area (Å²) in [6, 6.07) is 33.2. The van der Waals surface area contributed by atoms with Gasteiger partial charge in [-0.3, -0.25) is 0 Å². The van der Waals surface area contributed by atoms with Crippen LogP contribution in [0.25, 0.3) is 0 Å². The maximum absolute atomic E-state index is 10.5. The molecule has 0 fully saturated rings. The first kappa shape index (κ1) is 23.0. The van der Waals surface area contributed by atoms with Crippen molar-refractivity contribution in [3.63, 3.8) is 0 Å². The molecule has 0 aromatic heterocycles. The van der Waals surface area contributed by atoms with Crippen molar-refractivity contribution in [2.75, 3.05) is 12.7 Å². The largest absolute Gasteiger partial charge is 0.465 e. The van der Waals surface area contributed by atoms with Crippen molar-refractivity contribution >= 4 is 29.3 Å². The van der Waals surface area contributed by atoms with Crippen molar-refractivity contribution < 1.29 is 9.90 Å². The van der Waals surface area contributed by atoms with Crippen LogP contribution in [-0.2, 0) is 0 Å². The highest BCUT2D eigenvalue weighted by molar-refractivity contribution is 7.95. The Labute approximate surface area is 186 Å². The summed E-state index contributed by atoms with van der Waals surface area (Å²) in [5.41, 5.74) is 0. The fraction of sp³-hybridized carbons (Fsp3) is 0.296. The van der Waals surface area contributed by atoms with Gasteiger partial charge in [0.25, 0.3) is 0 Å². The molecular weight excluding hydrogens is 401 g/mol. The number of unbranched alkanes of at least 4 members (excludes halogenated alkanes) is 5. The van der Waals surface area contributed by atoms with Gasteiger partial charge in [-0.1, -0.05) is 73.9 Å². The van der Waals surface area contributed by atoms with Gasteiger partial charge in [0.15, 0.2) is 0 Å². The summed E-state index contributed by atoms with van der Waals surface area (Å²) in [4.78, 5) is 10.5. The Bertz CT molecular complexity index is 804. The van der Waals surface area contributed by atoms with Crippen LogP contribution < -0.4 is 21.2 Å². The predicted octanol–water partition coefficient (Wildman–Crippen LogP) is 5.59. The van der Waals surface area contributed by atoms with E-state index in [1.807, 2.05) is 0 Å². The SMILES string of the molecule is O=C(O)NCCCCCCCC[P+](c1ccccc1)(c1ccccc1)c1ccccc1. The van der Waals surface area contributed by atoms with Crippen LogP contribution in [0.3, 0.4) is 0 Å². The first-order valence-corrected chi connectivity index (χ1v) is 13.2. The van der Waals surface area contributed by atoms with E-state index in [0.717, 1.165) is 19.3 Å². The predicted molar refractivity (Wildman–Crippen MR) is 134 cm³/mol. The van der Waals surface area contributed by atoms with Gasteiger partial charge < -0.3 is 10.4 Å². The zero-order valence-electron chi connectivity index (χ0n) is 18.1. The average Bonchev–Trinajstić information content (AvgIpc) is 2.82. The van der Waals surface area contributed by atoms with Crippen molar-refractivity contribution in [2.24, 2.45) is 0 Å². The smallest absolute Gasteiger partial charge is 0.404 e. The molecule has 0 heterocycles. The molecule has 0 radical (unpaired) electrons. The highest BCUT2D eigenvalue weighted by atomic mass is 31.2. The maximum atomic E-state index is 10.5. The normalized spacial score (nSPS) is 11.2. The summed E-state index contributed by atoms with van der Waals surface area (Å²) in [6.45, 7) is 0.556. The third kappa shape index (κ3) is 6.42. The molecule has 0 bridgehead atoms. The number of nitrogens with one attached hydrogen (secondary N) is 1. The van der Waals surface area contributed by atoms with Crippen LogP contribution in [0.2, 0.25) is 0 Å². The van der Waals surface area contributed by atoms with E-state index in [0.29, 0.717) is 6.54 Å². The van der Waals surface area contributed by atoms with E-state index in [-0.39, 0.29) is 0 Å². The van der Waals surface area contributed by atoms with Crippen molar-refractivity contribution in [1.82, 2.24) is 5.32 Å². The lowest BCUT2D eigenvalue weighted by Gasteiger charge is -2.27. The first-order chi connectivity index (χ1) is 15.2. The van der Waals surface area contributed by atoms with Gasteiger partial charge in [-0.2, -0.15) is 0 Å².